The van der Waals surface area contributed by atoms with Crippen LogP contribution in [0.15, 0.2) is 54.6 Å². The average Bonchev–Trinajstić information content (AvgIpc) is 2.77. The Morgan fingerprint density at radius 1 is 1.10 bits per heavy atom. The van der Waals surface area contributed by atoms with Crippen molar-refractivity contribution in [1.82, 2.24) is 15.1 Å². The third-order valence-corrected chi connectivity index (χ3v) is 6.81. The van der Waals surface area contributed by atoms with E-state index in [2.05, 4.69) is 48.6 Å². The Bertz CT molecular complexity index is 831. The number of benzene rings is 2. The second-order valence-electron chi connectivity index (χ2n) is 8.59. The number of likely N-dealkylation sites (tertiary alicyclic amines) is 1. The molecule has 5 heteroatoms. The second-order valence-corrected chi connectivity index (χ2v) is 8.59. The van der Waals surface area contributed by atoms with Crippen LogP contribution in [0.3, 0.4) is 0 Å². The number of hydrogen-bond acceptors (Lipinski definition) is 3. The molecule has 1 aliphatic rings. The van der Waals surface area contributed by atoms with Crippen molar-refractivity contribution in [1.29, 1.82) is 0 Å². The molecule has 162 valence electrons. The van der Waals surface area contributed by atoms with E-state index >= 15 is 0 Å². The monoisotopic (exact) mass is 411 g/mol. The summed E-state index contributed by atoms with van der Waals surface area (Å²) < 4.78 is 14.4. The summed E-state index contributed by atoms with van der Waals surface area (Å²) in [6.07, 6.45) is 1.77. The summed E-state index contributed by atoms with van der Waals surface area (Å²) in [5, 5.41) is 3.14. The van der Waals surface area contributed by atoms with E-state index in [1.54, 1.807) is 12.1 Å². The fourth-order valence-electron chi connectivity index (χ4n) is 4.83. The molecule has 0 unspecified atom stereocenters. The van der Waals surface area contributed by atoms with Gasteiger partial charge in [0.2, 0.25) is 5.91 Å². The molecule has 1 amide bonds. The Morgan fingerprint density at radius 3 is 2.27 bits per heavy atom. The summed E-state index contributed by atoms with van der Waals surface area (Å²) in [5.41, 5.74) is 1.84. The molecule has 0 bridgehead atoms. The van der Waals surface area contributed by atoms with Crippen LogP contribution in [-0.4, -0.2) is 56.5 Å². The van der Waals surface area contributed by atoms with Crippen LogP contribution in [0.4, 0.5) is 4.39 Å². The van der Waals surface area contributed by atoms with E-state index in [9.17, 15) is 9.18 Å². The van der Waals surface area contributed by atoms with Gasteiger partial charge in [-0.05, 0) is 57.1 Å². The summed E-state index contributed by atoms with van der Waals surface area (Å²) in [6, 6.07) is 17.4. The Labute approximate surface area is 180 Å². The van der Waals surface area contributed by atoms with E-state index in [0.29, 0.717) is 25.2 Å². The molecule has 0 aliphatic carbocycles. The number of amides is 1. The maximum atomic E-state index is 14.4. The van der Waals surface area contributed by atoms with E-state index in [1.165, 1.54) is 11.6 Å². The number of nitrogens with zero attached hydrogens (tertiary/aromatic N) is 2. The standard InChI is InChI=1S/C25H34FN3O/c1-19(21-12-8-9-13-23(21)26)22(18-27-2)24(30)29-16-14-25(15-17-29,28(3)4)20-10-6-5-7-11-20/h5-13,19,22,27H,14-18H2,1-4H3/t19-,22+/m0/s1. The lowest BCUT2D eigenvalue weighted by atomic mass is 9.79. The molecule has 0 spiro atoms. The van der Waals surface area contributed by atoms with Gasteiger partial charge in [0.05, 0.1) is 5.92 Å². The van der Waals surface area contributed by atoms with Gasteiger partial charge in [-0.1, -0.05) is 55.5 Å². The lowest BCUT2D eigenvalue weighted by Gasteiger charge is -2.47. The first-order chi connectivity index (χ1) is 14.4. The zero-order valence-electron chi connectivity index (χ0n) is 18.6. The minimum absolute atomic E-state index is 0.0618. The highest BCUT2D eigenvalue weighted by atomic mass is 19.1. The number of nitrogens with one attached hydrogen (secondary N) is 1. The van der Waals surface area contributed by atoms with Crippen LogP contribution in [0.2, 0.25) is 0 Å². The molecule has 1 fully saturated rings. The average molecular weight is 412 g/mol. The van der Waals surface area contributed by atoms with Gasteiger partial charge in [-0.2, -0.15) is 0 Å². The maximum absolute atomic E-state index is 14.4. The fraction of sp³-hybridized carbons (Fsp3) is 0.480. The summed E-state index contributed by atoms with van der Waals surface area (Å²) >= 11 is 0. The molecule has 0 radical (unpaired) electrons. The van der Waals surface area contributed by atoms with Gasteiger partial charge in [0.15, 0.2) is 0 Å². The number of carbonyl (C=O) groups is 1. The van der Waals surface area contributed by atoms with Crippen LogP contribution in [-0.2, 0) is 10.3 Å². The van der Waals surface area contributed by atoms with Crippen LogP contribution in [0, 0.1) is 11.7 Å². The molecular weight excluding hydrogens is 377 g/mol. The van der Waals surface area contributed by atoms with Crippen molar-refractivity contribution < 1.29 is 9.18 Å². The molecule has 1 aliphatic heterocycles. The van der Waals surface area contributed by atoms with Gasteiger partial charge in [0, 0.05) is 25.2 Å². The minimum Gasteiger partial charge on any atom is -0.342 e. The lowest BCUT2D eigenvalue weighted by Crippen LogP contribution is -2.53. The highest BCUT2D eigenvalue weighted by Crippen LogP contribution is 2.38. The van der Waals surface area contributed by atoms with Gasteiger partial charge < -0.3 is 10.2 Å². The number of carbonyl (C=O) groups excluding carboxylic acids is 1. The topological polar surface area (TPSA) is 35.6 Å². The van der Waals surface area contributed by atoms with Crippen LogP contribution in [0.5, 0.6) is 0 Å². The molecule has 1 heterocycles. The molecule has 2 atom stereocenters. The summed E-state index contributed by atoms with van der Waals surface area (Å²) in [7, 11) is 6.08. The second kappa shape index (κ2) is 9.71. The SMILES string of the molecule is CNC[C@@H](C(=O)N1CCC(c2ccccc2)(N(C)C)CC1)[C@@H](C)c1ccccc1F. The van der Waals surface area contributed by atoms with Crippen molar-refractivity contribution in [3.05, 3.63) is 71.5 Å². The molecule has 2 aromatic rings. The van der Waals surface area contributed by atoms with Gasteiger partial charge >= 0.3 is 0 Å². The minimum atomic E-state index is -0.296. The highest BCUT2D eigenvalue weighted by molar-refractivity contribution is 5.80. The molecule has 2 aromatic carbocycles. The van der Waals surface area contributed by atoms with Crippen molar-refractivity contribution in [3.63, 3.8) is 0 Å². The van der Waals surface area contributed by atoms with E-state index in [4.69, 9.17) is 0 Å². The van der Waals surface area contributed by atoms with Gasteiger partial charge in [-0.25, -0.2) is 4.39 Å². The predicted octanol–water partition coefficient (Wildman–Crippen LogP) is 3.84. The van der Waals surface area contributed by atoms with Crippen LogP contribution >= 0.6 is 0 Å². The van der Waals surface area contributed by atoms with Crippen LogP contribution < -0.4 is 5.32 Å². The molecule has 0 saturated carbocycles. The van der Waals surface area contributed by atoms with Gasteiger partial charge in [-0.3, -0.25) is 9.69 Å². The zero-order chi connectivity index (χ0) is 21.7. The van der Waals surface area contributed by atoms with Gasteiger partial charge in [0.25, 0.3) is 0 Å². The number of piperidine rings is 1. The van der Waals surface area contributed by atoms with Gasteiger partial charge in [-0.15, -0.1) is 0 Å². The zero-order valence-corrected chi connectivity index (χ0v) is 18.6. The molecule has 3 rings (SSSR count). The van der Waals surface area contributed by atoms with E-state index < -0.39 is 0 Å². The Balaban J connectivity index is 1.77. The third kappa shape index (κ3) is 4.42. The smallest absolute Gasteiger partial charge is 0.227 e. The third-order valence-electron chi connectivity index (χ3n) is 6.81. The number of rotatable bonds is 7. The summed E-state index contributed by atoms with van der Waals surface area (Å²) in [5.74, 6) is -0.620. The quantitative estimate of drug-likeness (QED) is 0.752. The first-order valence-corrected chi connectivity index (χ1v) is 10.8. The molecule has 4 nitrogen and oxygen atoms in total. The molecule has 1 saturated heterocycles. The van der Waals surface area contributed by atoms with Crippen molar-refractivity contribution in [2.75, 3.05) is 40.8 Å². The van der Waals surface area contributed by atoms with Crippen molar-refractivity contribution in [3.8, 4) is 0 Å². The predicted molar refractivity (Wildman–Crippen MR) is 120 cm³/mol. The molecule has 0 aromatic heterocycles. The van der Waals surface area contributed by atoms with Crippen LogP contribution in [0.1, 0.15) is 36.8 Å². The number of hydrogen-bond donors (Lipinski definition) is 1. The fourth-order valence-corrected chi connectivity index (χ4v) is 4.83. The van der Waals surface area contributed by atoms with E-state index in [-0.39, 0.29) is 29.1 Å². The highest BCUT2D eigenvalue weighted by Gasteiger charge is 2.41. The van der Waals surface area contributed by atoms with Crippen LogP contribution in [0.25, 0.3) is 0 Å². The maximum Gasteiger partial charge on any atom is 0.227 e. The Kier molecular flexibility index (Phi) is 7.27. The van der Waals surface area contributed by atoms with Crippen molar-refractivity contribution in [2.24, 2.45) is 5.92 Å². The summed E-state index contributed by atoms with van der Waals surface area (Å²) in [4.78, 5) is 17.7. The normalized spacial score (nSPS) is 18.3. The van der Waals surface area contributed by atoms with E-state index in [0.717, 1.165) is 12.8 Å². The first kappa shape index (κ1) is 22.4. The largest absolute Gasteiger partial charge is 0.342 e. The Morgan fingerprint density at radius 2 is 1.70 bits per heavy atom. The molecular formula is C25H34FN3O. The first-order valence-electron chi connectivity index (χ1n) is 10.8. The number of halogens is 1. The molecule has 1 N–H and O–H groups in total. The molecule has 30 heavy (non-hydrogen) atoms. The lowest BCUT2D eigenvalue weighted by molar-refractivity contribution is -0.138. The van der Waals surface area contributed by atoms with Crippen molar-refractivity contribution in [2.45, 2.75) is 31.2 Å². The Hall–Kier alpha value is -2.24. The van der Waals surface area contributed by atoms with Gasteiger partial charge in [0.1, 0.15) is 5.82 Å². The van der Waals surface area contributed by atoms with Crippen molar-refractivity contribution >= 4 is 5.91 Å². The summed E-state index contributed by atoms with van der Waals surface area (Å²) in [6.45, 7) is 3.89. The van der Waals surface area contributed by atoms with E-state index in [1.807, 2.05) is 31.0 Å².